The van der Waals surface area contributed by atoms with Gasteiger partial charge in [0.05, 0.1) is 52.6 Å². The first-order valence-corrected chi connectivity index (χ1v) is 16.0. The van der Waals surface area contributed by atoms with Crippen molar-refractivity contribution < 1.29 is 28.7 Å². The molecule has 0 radical (unpaired) electrons. The maximum absolute atomic E-state index is 12.6. The smallest absolute Gasteiger partial charge is 0.149 e. The highest BCUT2D eigenvalue weighted by Gasteiger charge is 2.20. The highest BCUT2D eigenvalue weighted by atomic mass is 16.5. The molecule has 0 atom stereocenters. The average Bonchev–Trinajstić information content (AvgIpc) is 2.91. The van der Waals surface area contributed by atoms with E-state index in [1.165, 1.54) is 0 Å². The third kappa shape index (κ3) is 16.9. The van der Waals surface area contributed by atoms with E-state index in [-0.39, 0.29) is 46.8 Å². The van der Waals surface area contributed by atoms with Gasteiger partial charge in [-0.25, -0.2) is 0 Å². The molecule has 0 unspecified atom stereocenters. The number of rotatable bonds is 12. The van der Waals surface area contributed by atoms with Crippen molar-refractivity contribution in [3.8, 4) is 0 Å². The van der Waals surface area contributed by atoms with Crippen LogP contribution in [0.25, 0.3) is 0 Å². The summed E-state index contributed by atoms with van der Waals surface area (Å²) < 4.78 is 12.0. The van der Waals surface area contributed by atoms with Gasteiger partial charge in [0.15, 0.2) is 0 Å². The van der Waals surface area contributed by atoms with Crippen LogP contribution in [0.3, 0.4) is 0 Å². The van der Waals surface area contributed by atoms with Crippen LogP contribution in [0.5, 0.6) is 0 Å². The summed E-state index contributed by atoms with van der Waals surface area (Å²) >= 11 is 0. The SMILES string of the molecule is CC(C)C(=O)CN1CCOCCN(CC(=O)C(C)C)CCN(CC(=O)C(C)C)CCOCCN(CC(=O)C(C)C)CC1. The van der Waals surface area contributed by atoms with E-state index in [4.69, 9.17) is 9.47 Å². The summed E-state index contributed by atoms with van der Waals surface area (Å²) in [4.78, 5) is 58.8. The van der Waals surface area contributed by atoms with Crippen LogP contribution in [0.1, 0.15) is 55.4 Å². The zero-order chi connectivity index (χ0) is 31.7. The van der Waals surface area contributed by atoms with E-state index < -0.39 is 0 Å². The number of carbonyl (C=O) groups is 4. The van der Waals surface area contributed by atoms with Crippen LogP contribution in [0.2, 0.25) is 0 Å². The maximum Gasteiger partial charge on any atom is 0.149 e. The van der Waals surface area contributed by atoms with E-state index in [0.717, 1.165) is 0 Å². The Morgan fingerprint density at radius 3 is 0.762 bits per heavy atom. The summed E-state index contributed by atoms with van der Waals surface area (Å²) in [5.41, 5.74) is 0. The fourth-order valence-electron chi connectivity index (χ4n) is 4.24. The first-order chi connectivity index (χ1) is 19.8. The van der Waals surface area contributed by atoms with Gasteiger partial charge in [0, 0.05) is 76.0 Å². The lowest BCUT2D eigenvalue weighted by molar-refractivity contribution is -0.125. The summed E-state index contributed by atoms with van der Waals surface area (Å²) in [7, 11) is 0. The van der Waals surface area contributed by atoms with Gasteiger partial charge in [-0.3, -0.25) is 38.8 Å². The first kappa shape index (κ1) is 38.5. The second-order valence-electron chi connectivity index (χ2n) is 12.8. The highest BCUT2D eigenvalue weighted by molar-refractivity contribution is 5.83. The number of ether oxygens (including phenoxy) is 2. The Bertz CT molecular complexity index is 687. The van der Waals surface area contributed by atoms with Crippen molar-refractivity contribution in [2.75, 3.05) is 105 Å². The molecule has 0 aromatic heterocycles. The molecule has 10 nitrogen and oxygen atoms in total. The zero-order valence-electron chi connectivity index (χ0n) is 27.9. The van der Waals surface area contributed by atoms with Gasteiger partial charge in [0.25, 0.3) is 0 Å². The largest absolute Gasteiger partial charge is 0.379 e. The molecule has 1 aliphatic heterocycles. The molecule has 1 aliphatic rings. The molecular weight excluding hydrogens is 536 g/mol. The first-order valence-electron chi connectivity index (χ1n) is 16.0. The second-order valence-corrected chi connectivity index (χ2v) is 12.8. The Kier molecular flexibility index (Phi) is 19.4. The van der Waals surface area contributed by atoms with Crippen LogP contribution < -0.4 is 0 Å². The van der Waals surface area contributed by atoms with Gasteiger partial charge in [0.1, 0.15) is 23.1 Å². The van der Waals surface area contributed by atoms with Gasteiger partial charge in [-0.2, -0.15) is 0 Å². The van der Waals surface area contributed by atoms with Crippen LogP contribution in [-0.2, 0) is 28.7 Å². The Hall–Kier alpha value is -1.56. The van der Waals surface area contributed by atoms with E-state index in [9.17, 15) is 19.2 Å². The van der Waals surface area contributed by atoms with E-state index in [0.29, 0.717) is 105 Å². The minimum atomic E-state index is -0.0477. The molecule has 1 heterocycles. The van der Waals surface area contributed by atoms with Crippen molar-refractivity contribution in [2.24, 2.45) is 23.7 Å². The third-order valence-corrected chi connectivity index (χ3v) is 7.77. The van der Waals surface area contributed by atoms with Gasteiger partial charge in [0.2, 0.25) is 0 Å². The second kappa shape index (κ2) is 21.2. The van der Waals surface area contributed by atoms with Crippen LogP contribution in [0, 0.1) is 23.7 Å². The Labute approximate surface area is 255 Å². The maximum atomic E-state index is 12.6. The lowest BCUT2D eigenvalue weighted by atomic mass is 10.1. The fourth-order valence-corrected chi connectivity index (χ4v) is 4.24. The number of Topliss-reactive ketones (excluding diaryl/α,β-unsaturated/α-hetero) is 4. The van der Waals surface area contributed by atoms with Crippen LogP contribution >= 0.6 is 0 Å². The summed E-state index contributed by atoms with van der Waals surface area (Å²) in [6.45, 7) is 23.6. The summed E-state index contributed by atoms with van der Waals surface area (Å²) in [6.07, 6.45) is 0. The standard InChI is InChI=1S/C32H60N4O6/c1-25(2)29(37)21-33-9-10-34(22-30(38)26(3)4)14-19-42-20-16-36(24-32(40)28(7)8)12-11-35(15-18-41-17-13-33)23-31(39)27(5)6/h25-28H,9-24H2,1-8H3. The van der Waals surface area contributed by atoms with E-state index in [2.05, 4.69) is 19.6 Å². The lowest BCUT2D eigenvalue weighted by Gasteiger charge is -2.29. The molecule has 10 heteroatoms. The fraction of sp³-hybridized carbons (Fsp3) is 0.875. The number of ketones is 4. The molecule has 1 fully saturated rings. The summed E-state index contributed by atoms with van der Waals surface area (Å²) in [6, 6.07) is 0. The Morgan fingerprint density at radius 1 is 0.405 bits per heavy atom. The van der Waals surface area contributed by atoms with E-state index in [1.807, 2.05) is 55.4 Å². The molecule has 1 saturated heterocycles. The number of nitrogens with zero attached hydrogens (tertiary/aromatic N) is 4. The predicted molar refractivity (Wildman–Crippen MR) is 167 cm³/mol. The molecule has 0 amide bonds. The number of hydrogen-bond donors (Lipinski definition) is 0. The summed E-state index contributed by atoms with van der Waals surface area (Å²) in [5, 5.41) is 0. The topological polar surface area (TPSA) is 99.7 Å². The normalized spacial score (nSPS) is 19.3. The minimum absolute atomic E-state index is 0.0477. The van der Waals surface area contributed by atoms with Crippen molar-refractivity contribution in [1.82, 2.24) is 19.6 Å². The van der Waals surface area contributed by atoms with Gasteiger partial charge >= 0.3 is 0 Å². The Morgan fingerprint density at radius 2 is 0.595 bits per heavy atom. The lowest BCUT2D eigenvalue weighted by Crippen LogP contribution is -2.44. The van der Waals surface area contributed by atoms with Gasteiger partial charge in [-0.1, -0.05) is 55.4 Å². The average molecular weight is 597 g/mol. The molecule has 0 saturated carbocycles. The van der Waals surface area contributed by atoms with Crippen molar-refractivity contribution in [3.05, 3.63) is 0 Å². The third-order valence-electron chi connectivity index (χ3n) is 7.77. The van der Waals surface area contributed by atoms with Gasteiger partial charge < -0.3 is 9.47 Å². The molecule has 1 rings (SSSR count). The van der Waals surface area contributed by atoms with Crippen molar-refractivity contribution in [1.29, 1.82) is 0 Å². The van der Waals surface area contributed by atoms with Crippen molar-refractivity contribution >= 4 is 23.1 Å². The molecule has 0 N–H and O–H groups in total. The van der Waals surface area contributed by atoms with Gasteiger partial charge in [-0.15, -0.1) is 0 Å². The van der Waals surface area contributed by atoms with Crippen molar-refractivity contribution in [2.45, 2.75) is 55.4 Å². The summed E-state index contributed by atoms with van der Waals surface area (Å²) in [5.74, 6) is 0.547. The molecule has 0 aromatic rings. The highest BCUT2D eigenvalue weighted by Crippen LogP contribution is 2.05. The van der Waals surface area contributed by atoms with E-state index in [1.54, 1.807) is 0 Å². The predicted octanol–water partition coefficient (Wildman–Crippen LogP) is 2.14. The molecule has 0 aromatic carbocycles. The number of hydrogen-bond acceptors (Lipinski definition) is 10. The van der Waals surface area contributed by atoms with Crippen LogP contribution in [0.15, 0.2) is 0 Å². The van der Waals surface area contributed by atoms with Gasteiger partial charge in [-0.05, 0) is 0 Å². The van der Waals surface area contributed by atoms with E-state index >= 15 is 0 Å². The minimum Gasteiger partial charge on any atom is -0.379 e. The molecule has 0 aliphatic carbocycles. The van der Waals surface area contributed by atoms with Crippen molar-refractivity contribution in [3.63, 3.8) is 0 Å². The monoisotopic (exact) mass is 596 g/mol. The quantitative estimate of drug-likeness (QED) is 0.333. The van der Waals surface area contributed by atoms with Crippen LogP contribution in [-0.4, -0.2) is 148 Å². The zero-order valence-corrected chi connectivity index (χ0v) is 27.9. The van der Waals surface area contributed by atoms with Crippen LogP contribution in [0.4, 0.5) is 0 Å². The number of carbonyl (C=O) groups excluding carboxylic acids is 4. The molecule has 0 bridgehead atoms. The molecular formula is C32H60N4O6. The molecule has 42 heavy (non-hydrogen) atoms. The molecule has 0 spiro atoms. The molecule has 244 valence electrons. The Balaban J connectivity index is 3.03.